The summed E-state index contributed by atoms with van der Waals surface area (Å²) in [6.45, 7) is 2.14. The highest BCUT2D eigenvalue weighted by molar-refractivity contribution is 5.50. The van der Waals surface area contributed by atoms with Crippen LogP contribution in [0.5, 0.6) is 0 Å². The Hall–Kier alpha value is -1.77. The molecule has 0 amide bonds. The summed E-state index contributed by atoms with van der Waals surface area (Å²) in [7, 11) is 0. The Labute approximate surface area is 101 Å². The lowest BCUT2D eigenvalue weighted by atomic mass is 9.75. The third-order valence-corrected chi connectivity index (χ3v) is 3.52. The number of fused-ring (bicyclic) bond motifs is 1. The van der Waals surface area contributed by atoms with Gasteiger partial charge in [-0.15, -0.1) is 0 Å². The average Bonchev–Trinajstić information content (AvgIpc) is 2.64. The number of benzene rings is 1. The smallest absolute Gasteiger partial charge is 0.170 e. The molecule has 88 valence electrons. The van der Waals surface area contributed by atoms with Gasteiger partial charge in [-0.05, 0) is 24.0 Å². The maximum absolute atomic E-state index is 5.86. The first-order valence-electron chi connectivity index (χ1n) is 6.13. The number of nitrogens with zero attached hydrogens (tertiary/aromatic N) is 1. The normalized spacial score (nSPS) is 17.6. The molecule has 3 heteroatoms. The van der Waals surface area contributed by atoms with Crippen molar-refractivity contribution in [3.05, 3.63) is 46.7 Å². The van der Waals surface area contributed by atoms with Crippen molar-refractivity contribution < 1.29 is 4.52 Å². The summed E-state index contributed by atoms with van der Waals surface area (Å²) < 4.78 is 5.43. The topological polar surface area (TPSA) is 52.0 Å². The number of hydrogen-bond donors (Lipinski definition) is 1. The largest absolute Gasteiger partial charge is 0.381 e. The third kappa shape index (κ3) is 1.54. The molecule has 0 radical (unpaired) electrons. The van der Waals surface area contributed by atoms with Gasteiger partial charge in [0.25, 0.3) is 0 Å². The molecule has 2 aromatic rings. The summed E-state index contributed by atoms with van der Waals surface area (Å²) in [5, 5.41) is 3.91. The van der Waals surface area contributed by atoms with E-state index in [2.05, 4.69) is 36.3 Å². The van der Waals surface area contributed by atoms with Crippen LogP contribution in [0, 0.1) is 0 Å². The third-order valence-electron chi connectivity index (χ3n) is 3.52. The van der Waals surface area contributed by atoms with Crippen molar-refractivity contribution in [1.82, 2.24) is 5.16 Å². The van der Waals surface area contributed by atoms with Crippen molar-refractivity contribution in [1.29, 1.82) is 0 Å². The van der Waals surface area contributed by atoms with Crippen LogP contribution in [0.3, 0.4) is 0 Å². The predicted molar refractivity (Wildman–Crippen MR) is 66.9 cm³/mol. The molecular weight excluding hydrogens is 212 g/mol. The molecular formula is C14H16N2O. The lowest BCUT2D eigenvalue weighted by molar-refractivity contribution is 0.362. The Morgan fingerprint density at radius 2 is 2.24 bits per heavy atom. The van der Waals surface area contributed by atoms with Gasteiger partial charge < -0.3 is 10.3 Å². The molecule has 0 saturated heterocycles. The summed E-state index contributed by atoms with van der Waals surface area (Å²) >= 11 is 0. The van der Waals surface area contributed by atoms with E-state index < -0.39 is 0 Å². The highest BCUT2D eigenvalue weighted by Gasteiger charge is 2.32. The van der Waals surface area contributed by atoms with Gasteiger partial charge in [0.2, 0.25) is 0 Å². The lowest BCUT2D eigenvalue weighted by Crippen LogP contribution is -2.18. The zero-order valence-corrected chi connectivity index (χ0v) is 9.94. The van der Waals surface area contributed by atoms with Crippen LogP contribution in [0.25, 0.3) is 0 Å². The van der Waals surface area contributed by atoms with E-state index in [1.165, 1.54) is 11.1 Å². The van der Waals surface area contributed by atoms with E-state index in [0.29, 0.717) is 11.7 Å². The van der Waals surface area contributed by atoms with Crippen LogP contribution in [-0.2, 0) is 12.8 Å². The fraction of sp³-hybridized carbons (Fsp3) is 0.357. The van der Waals surface area contributed by atoms with Gasteiger partial charge in [-0.1, -0.05) is 42.8 Å². The fourth-order valence-corrected chi connectivity index (χ4v) is 2.60. The van der Waals surface area contributed by atoms with Crippen molar-refractivity contribution in [2.45, 2.75) is 32.1 Å². The summed E-state index contributed by atoms with van der Waals surface area (Å²) in [6, 6.07) is 8.49. The van der Waals surface area contributed by atoms with Crippen molar-refractivity contribution in [3.8, 4) is 0 Å². The number of anilines is 1. The first kappa shape index (κ1) is 10.4. The minimum atomic E-state index is 0.359. The van der Waals surface area contributed by atoms with Crippen LogP contribution in [-0.4, -0.2) is 5.16 Å². The predicted octanol–water partition coefficient (Wildman–Crippen LogP) is 2.90. The van der Waals surface area contributed by atoms with Gasteiger partial charge in [0, 0.05) is 11.5 Å². The van der Waals surface area contributed by atoms with Crippen molar-refractivity contribution in [2.75, 3.05) is 5.73 Å². The van der Waals surface area contributed by atoms with E-state index in [1.54, 1.807) is 0 Å². The van der Waals surface area contributed by atoms with Crippen molar-refractivity contribution in [3.63, 3.8) is 0 Å². The Kier molecular flexibility index (Phi) is 2.39. The quantitative estimate of drug-likeness (QED) is 0.878. The first-order valence-corrected chi connectivity index (χ1v) is 6.13. The molecule has 2 N–H and O–H groups in total. The van der Waals surface area contributed by atoms with E-state index in [9.17, 15) is 0 Å². The molecule has 0 saturated carbocycles. The highest BCUT2D eigenvalue weighted by Crippen LogP contribution is 2.42. The molecule has 1 heterocycles. The number of nitrogen functional groups attached to an aromatic ring is 1. The second-order valence-corrected chi connectivity index (χ2v) is 4.62. The number of hydrogen-bond acceptors (Lipinski definition) is 3. The van der Waals surface area contributed by atoms with Crippen LogP contribution in [0.4, 0.5) is 5.82 Å². The zero-order chi connectivity index (χ0) is 11.8. The minimum absolute atomic E-state index is 0.359. The fourth-order valence-electron chi connectivity index (χ4n) is 2.60. The summed E-state index contributed by atoms with van der Waals surface area (Å²) in [5.74, 6) is 1.90. The molecule has 1 aliphatic carbocycles. The standard InChI is InChI=1S/C14H16N2O/c1-2-5-11-13(17-16-14(11)15)12-8-9-6-3-4-7-10(9)12/h3-4,6-7,12H,2,5,8H2,1H3,(H2,15,16). The Bertz CT molecular complexity index is 545. The second kappa shape index (κ2) is 3.91. The maximum Gasteiger partial charge on any atom is 0.170 e. The monoisotopic (exact) mass is 228 g/mol. The molecule has 17 heavy (non-hydrogen) atoms. The van der Waals surface area contributed by atoms with Gasteiger partial charge in [0.1, 0.15) is 5.76 Å². The summed E-state index contributed by atoms with van der Waals surface area (Å²) in [4.78, 5) is 0. The molecule has 1 unspecified atom stereocenters. The molecule has 1 atom stereocenters. The van der Waals surface area contributed by atoms with E-state index in [1.807, 2.05) is 0 Å². The molecule has 3 nitrogen and oxygen atoms in total. The van der Waals surface area contributed by atoms with Gasteiger partial charge in [-0.25, -0.2) is 0 Å². The average molecular weight is 228 g/mol. The summed E-state index contributed by atoms with van der Waals surface area (Å²) in [6.07, 6.45) is 3.05. The van der Waals surface area contributed by atoms with E-state index >= 15 is 0 Å². The van der Waals surface area contributed by atoms with Gasteiger partial charge >= 0.3 is 0 Å². The van der Waals surface area contributed by atoms with Crippen LogP contribution in [0.1, 0.15) is 41.7 Å². The Morgan fingerprint density at radius 1 is 1.41 bits per heavy atom. The molecule has 0 spiro atoms. The highest BCUT2D eigenvalue weighted by atomic mass is 16.5. The minimum Gasteiger partial charge on any atom is -0.381 e. The molecule has 1 aromatic carbocycles. The second-order valence-electron chi connectivity index (χ2n) is 4.62. The maximum atomic E-state index is 5.86. The van der Waals surface area contributed by atoms with Gasteiger partial charge in [-0.2, -0.15) is 0 Å². The SMILES string of the molecule is CCCc1c(N)noc1C1Cc2ccccc21. The number of aromatic nitrogens is 1. The van der Waals surface area contributed by atoms with Crippen molar-refractivity contribution in [2.24, 2.45) is 0 Å². The van der Waals surface area contributed by atoms with Crippen LogP contribution in [0.2, 0.25) is 0 Å². The van der Waals surface area contributed by atoms with Crippen LogP contribution >= 0.6 is 0 Å². The van der Waals surface area contributed by atoms with E-state index in [4.69, 9.17) is 10.3 Å². The van der Waals surface area contributed by atoms with Crippen LogP contribution in [0.15, 0.2) is 28.8 Å². The summed E-state index contributed by atoms with van der Waals surface area (Å²) in [5.41, 5.74) is 9.74. The van der Waals surface area contributed by atoms with Crippen LogP contribution < -0.4 is 5.73 Å². The molecule has 3 rings (SSSR count). The molecule has 0 aliphatic heterocycles. The zero-order valence-electron chi connectivity index (χ0n) is 9.94. The number of rotatable bonds is 3. The Balaban J connectivity index is 1.97. The molecule has 1 aliphatic rings. The van der Waals surface area contributed by atoms with Gasteiger partial charge in [-0.3, -0.25) is 0 Å². The van der Waals surface area contributed by atoms with Gasteiger partial charge in [0.05, 0.1) is 0 Å². The van der Waals surface area contributed by atoms with E-state index in [0.717, 1.165) is 30.6 Å². The number of nitrogens with two attached hydrogens (primary N) is 1. The lowest BCUT2D eigenvalue weighted by Gasteiger charge is -2.28. The van der Waals surface area contributed by atoms with Gasteiger partial charge in [0.15, 0.2) is 5.82 Å². The van der Waals surface area contributed by atoms with Crippen molar-refractivity contribution >= 4 is 5.82 Å². The molecule has 1 aromatic heterocycles. The first-order chi connectivity index (χ1) is 8.31. The van der Waals surface area contributed by atoms with E-state index in [-0.39, 0.29) is 0 Å². The molecule has 0 bridgehead atoms. The molecule has 0 fully saturated rings. The Morgan fingerprint density at radius 3 is 3.00 bits per heavy atom.